The number of fused-ring (bicyclic) bond motifs is 1. The minimum absolute atomic E-state index is 0.0842. The summed E-state index contributed by atoms with van der Waals surface area (Å²) in [6.45, 7) is 6.42. The molecule has 0 atom stereocenters. The van der Waals surface area contributed by atoms with Crippen molar-refractivity contribution in [3.05, 3.63) is 66.4 Å². The number of rotatable bonds is 3. The highest BCUT2D eigenvalue weighted by atomic mass is 16.5. The molecule has 2 aromatic heterocycles. The summed E-state index contributed by atoms with van der Waals surface area (Å²) in [6, 6.07) is 19.8. The lowest BCUT2D eigenvalue weighted by Gasteiger charge is -2.19. The molecule has 136 valence electrons. The predicted octanol–water partition coefficient (Wildman–Crippen LogP) is 5.30. The number of ether oxygens (including phenoxy) is 1. The molecule has 5 heteroatoms. The van der Waals surface area contributed by atoms with E-state index < -0.39 is 0 Å². The van der Waals surface area contributed by atoms with E-state index in [1.807, 2.05) is 54.6 Å². The summed E-state index contributed by atoms with van der Waals surface area (Å²) in [6.07, 6.45) is 0. The van der Waals surface area contributed by atoms with Crippen molar-refractivity contribution in [2.75, 3.05) is 5.73 Å². The van der Waals surface area contributed by atoms with Gasteiger partial charge < -0.3 is 10.5 Å². The standard InChI is InChI=1S/C22H22N4O/c1-22(2,3)18-13-17(19-20(23)25-26-21(19)24-18)14-9-11-16(12-10-14)27-15-7-5-4-6-8-15/h4-13H,1-3H3,(H3,23,24,25,26). The van der Waals surface area contributed by atoms with Crippen LogP contribution in [0.2, 0.25) is 0 Å². The number of nitrogens with one attached hydrogen (secondary N) is 1. The number of anilines is 1. The van der Waals surface area contributed by atoms with E-state index >= 15 is 0 Å². The van der Waals surface area contributed by atoms with Gasteiger partial charge in [-0.1, -0.05) is 51.1 Å². The Kier molecular flexibility index (Phi) is 4.07. The summed E-state index contributed by atoms with van der Waals surface area (Å²) in [5.41, 5.74) is 9.77. The van der Waals surface area contributed by atoms with E-state index in [1.54, 1.807) is 0 Å². The smallest absolute Gasteiger partial charge is 0.158 e. The number of aromatic nitrogens is 3. The zero-order valence-electron chi connectivity index (χ0n) is 15.7. The predicted molar refractivity (Wildman–Crippen MR) is 109 cm³/mol. The van der Waals surface area contributed by atoms with Gasteiger partial charge in [-0.3, -0.25) is 5.10 Å². The van der Waals surface area contributed by atoms with Crippen molar-refractivity contribution in [3.63, 3.8) is 0 Å². The minimum atomic E-state index is -0.0842. The van der Waals surface area contributed by atoms with Gasteiger partial charge in [-0.05, 0) is 41.5 Å². The lowest BCUT2D eigenvalue weighted by Crippen LogP contribution is -2.13. The van der Waals surface area contributed by atoms with Gasteiger partial charge in [0, 0.05) is 11.1 Å². The number of benzene rings is 2. The van der Waals surface area contributed by atoms with Crippen molar-refractivity contribution in [2.24, 2.45) is 0 Å². The Morgan fingerprint density at radius 2 is 1.59 bits per heavy atom. The Morgan fingerprint density at radius 3 is 2.26 bits per heavy atom. The Labute approximate surface area is 158 Å². The van der Waals surface area contributed by atoms with Gasteiger partial charge in [0.2, 0.25) is 0 Å². The molecule has 0 saturated carbocycles. The second-order valence-corrected chi connectivity index (χ2v) is 7.58. The fraction of sp³-hybridized carbons (Fsp3) is 0.182. The molecule has 0 aliphatic heterocycles. The van der Waals surface area contributed by atoms with Crippen molar-refractivity contribution < 1.29 is 4.74 Å². The molecule has 0 radical (unpaired) electrons. The second-order valence-electron chi connectivity index (χ2n) is 7.58. The molecule has 4 aromatic rings. The van der Waals surface area contributed by atoms with Gasteiger partial charge in [-0.25, -0.2) is 4.98 Å². The summed E-state index contributed by atoms with van der Waals surface area (Å²) >= 11 is 0. The maximum atomic E-state index is 6.10. The molecule has 0 spiro atoms. The van der Waals surface area contributed by atoms with Gasteiger partial charge in [-0.2, -0.15) is 5.10 Å². The number of hydrogen-bond acceptors (Lipinski definition) is 4. The van der Waals surface area contributed by atoms with Crippen molar-refractivity contribution in [1.82, 2.24) is 15.2 Å². The van der Waals surface area contributed by atoms with Crippen LogP contribution in [0.3, 0.4) is 0 Å². The Balaban J connectivity index is 1.76. The van der Waals surface area contributed by atoms with E-state index in [9.17, 15) is 0 Å². The van der Waals surface area contributed by atoms with E-state index in [0.717, 1.165) is 33.7 Å². The first-order chi connectivity index (χ1) is 12.9. The van der Waals surface area contributed by atoms with Gasteiger partial charge in [0.15, 0.2) is 11.5 Å². The molecule has 0 amide bonds. The van der Waals surface area contributed by atoms with Gasteiger partial charge >= 0.3 is 0 Å². The van der Waals surface area contributed by atoms with Crippen LogP contribution in [0.5, 0.6) is 11.5 Å². The van der Waals surface area contributed by atoms with E-state index in [-0.39, 0.29) is 5.41 Å². The average molecular weight is 358 g/mol. The summed E-state index contributed by atoms with van der Waals surface area (Å²) in [4.78, 5) is 4.70. The van der Waals surface area contributed by atoms with E-state index in [1.165, 1.54) is 0 Å². The number of nitrogens with two attached hydrogens (primary N) is 1. The maximum Gasteiger partial charge on any atom is 0.158 e. The molecule has 0 saturated heterocycles. The van der Waals surface area contributed by atoms with Crippen LogP contribution in [0.4, 0.5) is 5.82 Å². The number of para-hydroxylation sites is 1. The third-order valence-electron chi connectivity index (χ3n) is 4.47. The van der Waals surface area contributed by atoms with Crippen LogP contribution in [0.1, 0.15) is 26.5 Å². The number of H-pyrrole nitrogens is 1. The summed E-state index contributed by atoms with van der Waals surface area (Å²) < 4.78 is 5.89. The fourth-order valence-corrected chi connectivity index (χ4v) is 2.99. The Hall–Kier alpha value is -3.34. The molecule has 0 aliphatic rings. The molecule has 0 unspecified atom stereocenters. The number of hydrogen-bond donors (Lipinski definition) is 2. The van der Waals surface area contributed by atoms with Crippen LogP contribution >= 0.6 is 0 Å². The maximum absolute atomic E-state index is 6.10. The molecule has 2 heterocycles. The lowest BCUT2D eigenvalue weighted by atomic mass is 9.89. The van der Waals surface area contributed by atoms with E-state index in [4.69, 9.17) is 15.5 Å². The third kappa shape index (κ3) is 3.36. The number of nitrogens with zero attached hydrogens (tertiary/aromatic N) is 2. The highest BCUT2D eigenvalue weighted by Gasteiger charge is 2.20. The van der Waals surface area contributed by atoms with Gasteiger partial charge in [0.1, 0.15) is 11.5 Å². The average Bonchev–Trinajstić information content (AvgIpc) is 3.03. The first kappa shape index (κ1) is 17.1. The molecule has 0 fully saturated rings. The van der Waals surface area contributed by atoms with Crippen LogP contribution < -0.4 is 10.5 Å². The fourth-order valence-electron chi connectivity index (χ4n) is 2.99. The summed E-state index contributed by atoms with van der Waals surface area (Å²) in [5.74, 6) is 2.05. The molecule has 5 nitrogen and oxygen atoms in total. The third-order valence-corrected chi connectivity index (χ3v) is 4.47. The molecule has 4 rings (SSSR count). The van der Waals surface area contributed by atoms with Gasteiger partial charge in [0.25, 0.3) is 0 Å². The van der Waals surface area contributed by atoms with E-state index in [0.29, 0.717) is 11.5 Å². The van der Waals surface area contributed by atoms with Crippen LogP contribution in [0.25, 0.3) is 22.2 Å². The van der Waals surface area contributed by atoms with Crippen molar-refractivity contribution in [2.45, 2.75) is 26.2 Å². The van der Waals surface area contributed by atoms with Crippen molar-refractivity contribution >= 4 is 16.9 Å². The van der Waals surface area contributed by atoms with Crippen LogP contribution in [0.15, 0.2) is 60.7 Å². The van der Waals surface area contributed by atoms with Crippen molar-refractivity contribution in [1.29, 1.82) is 0 Å². The zero-order valence-corrected chi connectivity index (χ0v) is 15.7. The van der Waals surface area contributed by atoms with Gasteiger partial charge in [-0.15, -0.1) is 0 Å². The topological polar surface area (TPSA) is 76.8 Å². The first-order valence-corrected chi connectivity index (χ1v) is 8.90. The highest BCUT2D eigenvalue weighted by molar-refractivity contribution is 6.00. The highest BCUT2D eigenvalue weighted by Crippen LogP contribution is 2.35. The Bertz CT molecular complexity index is 1080. The molecule has 3 N–H and O–H groups in total. The molecule has 27 heavy (non-hydrogen) atoms. The second kappa shape index (κ2) is 6.43. The Morgan fingerprint density at radius 1 is 0.926 bits per heavy atom. The lowest BCUT2D eigenvalue weighted by molar-refractivity contribution is 0.483. The summed E-state index contributed by atoms with van der Waals surface area (Å²) in [5, 5.41) is 7.93. The number of aromatic amines is 1. The molecular weight excluding hydrogens is 336 g/mol. The van der Waals surface area contributed by atoms with Crippen LogP contribution in [-0.4, -0.2) is 15.2 Å². The quantitative estimate of drug-likeness (QED) is 0.521. The molecular formula is C22H22N4O. The molecule has 2 aromatic carbocycles. The molecule has 0 bridgehead atoms. The van der Waals surface area contributed by atoms with Crippen LogP contribution in [0, 0.1) is 0 Å². The van der Waals surface area contributed by atoms with Gasteiger partial charge in [0.05, 0.1) is 5.39 Å². The number of nitrogen functional groups attached to an aromatic ring is 1. The SMILES string of the molecule is CC(C)(C)c1cc(-c2ccc(Oc3ccccc3)cc2)c2c(N)n[nH]c2n1. The molecule has 0 aliphatic carbocycles. The monoisotopic (exact) mass is 358 g/mol. The minimum Gasteiger partial charge on any atom is -0.457 e. The number of pyridine rings is 1. The normalized spacial score (nSPS) is 11.7. The summed E-state index contributed by atoms with van der Waals surface area (Å²) in [7, 11) is 0. The largest absolute Gasteiger partial charge is 0.457 e. The van der Waals surface area contributed by atoms with Crippen LogP contribution in [-0.2, 0) is 5.41 Å². The zero-order chi connectivity index (χ0) is 19.0. The first-order valence-electron chi connectivity index (χ1n) is 8.90. The van der Waals surface area contributed by atoms with Crippen molar-refractivity contribution in [3.8, 4) is 22.6 Å². The van der Waals surface area contributed by atoms with E-state index in [2.05, 4.69) is 37.0 Å².